The van der Waals surface area contributed by atoms with Crippen LogP contribution in [0.2, 0.25) is 10.0 Å². The van der Waals surface area contributed by atoms with Crippen molar-refractivity contribution in [2.45, 2.75) is 52.8 Å². The molecule has 1 aromatic carbocycles. The molecule has 0 saturated heterocycles. The van der Waals surface area contributed by atoms with Gasteiger partial charge in [0.2, 0.25) is 0 Å². The molecule has 2 amide bonds. The number of rotatable bonds is 7. The number of benzene rings is 1. The normalized spacial score (nSPS) is 12.0. The number of nitrogens with zero attached hydrogens (tertiary/aromatic N) is 1. The van der Waals surface area contributed by atoms with E-state index in [1.54, 1.807) is 4.90 Å². The Kier molecular flexibility index (Phi) is 8.37. The monoisotopic (exact) mass is 402 g/mol. The molecule has 0 bridgehead atoms. The van der Waals surface area contributed by atoms with E-state index in [1.807, 2.05) is 27.7 Å². The van der Waals surface area contributed by atoms with Crippen LogP contribution in [-0.4, -0.2) is 47.4 Å². The summed E-state index contributed by atoms with van der Waals surface area (Å²) in [5.41, 5.74) is 0.266. The predicted molar refractivity (Wildman–Crippen MR) is 101 cm³/mol. The first kappa shape index (κ1) is 22.3. The third-order valence-electron chi connectivity index (χ3n) is 3.60. The van der Waals surface area contributed by atoms with Crippen LogP contribution in [0.15, 0.2) is 18.2 Å². The molecular formula is C18H24Cl2N2O4. The van der Waals surface area contributed by atoms with Gasteiger partial charge in [-0.3, -0.25) is 14.4 Å². The van der Waals surface area contributed by atoms with Crippen LogP contribution in [0.5, 0.6) is 0 Å². The molecule has 1 N–H and O–H groups in total. The molecule has 8 heteroatoms. The lowest BCUT2D eigenvalue weighted by Crippen LogP contribution is -2.48. The molecule has 1 atom stereocenters. The minimum Gasteiger partial charge on any atom is -0.451 e. The summed E-state index contributed by atoms with van der Waals surface area (Å²) < 4.78 is 5.13. The maximum Gasteiger partial charge on any atom is 0.326 e. The number of nitrogens with one attached hydrogen (secondary N) is 1. The van der Waals surface area contributed by atoms with Gasteiger partial charge in [0.1, 0.15) is 6.54 Å². The third-order valence-corrected chi connectivity index (χ3v) is 4.34. The van der Waals surface area contributed by atoms with Gasteiger partial charge in [0, 0.05) is 17.6 Å². The Morgan fingerprint density at radius 3 is 2.12 bits per heavy atom. The highest BCUT2D eigenvalue weighted by Crippen LogP contribution is 2.22. The molecule has 0 heterocycles. The fourth-order valence-electron chi connectivity index (χ4n) is 2.50. The topological polar surface area (TPSA) is 75.7 Å². The molecule has 1 unspecified atom stereocenters. The van der Waals surface area contributed by atoms with Gasteiger partial charge in [-0.05, 0) is 52.8 Å². The molecule has 0 aliphatic heterocycles. The van der Waals surface area contributed by atoms with Crippen molar-refractivity contribution in [2.75, 3.05) is 6.54 Å². The van der Waals surface area contributed by atoms with E-state index in [4.69, 9.17) is 27.9 Å². The van der Waals surface area contributed by atoms with Gasteiger partial charge in [-0.1, -0.05) is 23.2 Å². The second kappa shape index (κ2) is 9.78. The Morgan fingerprint density at radius 1 is 1.04 bits per heavy atom. The van der Waals surface area contributed by atoms with E-state index in [-0.39, 0.29) is 35.1 Å². The number of halogens is 2. The maximum absolute atomic E-state index is 12.4. The smallest absolute Gasteiger partial charge is 0.326 e. The number of ether oxygens (including phenoxy) is 1. The van der Waals surface area contributed by atoms with Crippen molar-refractivity contribution in [1.29, 1.82) is 0 Å². The van der Waals surface area contributed by atoms with E-state index in [0.717, 1.165) is 0 Å². The number of hydrogen-bond donors (Lipinski definition) is 1. The first-order valence-electron chi connectivity index (χ1n) is 8.29. The Bertz CT molecular complexity index is 669. The molecule has 0 aliphatic carbocycles. The van der Waals surface area contributed by atoms with Crippen LogP contribution in [-0.2, 0) is 14.3 Å². The van der Waals surface area contributed by atoms with E-state index in [0.29, 0.717) is 5.02 Å². The second-order valence-corrected chi connectivity index (χ2v) is 7.19. The average molecular weight is 403 g/mol. The summed E-state index contributed by atoms with van der Waals surface area (Å²) in [6.45, 7) is 8.72. The van der Waals surface area contributed by atoms with Crippen LogP contribution in [0.4, 0.5) is 0 Å². The van der Waals surface area contributed by atoms with Crippen molar-refractivity contribution >= 4 is 41.0 Å². The number of hydrogen-bond acceptors (Lipinski definition) is 4. The summed E-state index contributed by atoms with van der Waals surface area (Å²) >= 11 is 11.7. The molecule has 0 fully saturated rings. The van der Waals surface area contributed by atoms with E-state index in [1.165, 1.54) is 25.1 Å². The van der Waals surface area contributed by atoms with E-state index in [9.17, 15) is 14.4 Å². The van der Waals surface area contributed by atoms with Crippen LogP contribution in [0.25, 0.3) is 0 Å². The van der Waals surface area contributed by atoms with Crippen LogP contribution in [0.3, 0.4) is 0 Å². The number of carbonyl (C=O) groups is 3. The van der Waals surface area contributed by atoms with Crippen LogP contribution >= 0.6 is 23.2 Å². The Hall–Kier alpha value is -1.79. The maximum atomic E-state index is 12.4. The van der Waals surface area contributed by atoms with Gasteiger partial charge in [0.25, 0.3) is 11.8 Å². The SMILES string of the molecule is CC(OC(=O)CNC(=O)c1ccc(Cl)c(Cl)c1)C(=O)N(C(C)C)C(C)C. The van der Waals surface area contributed by atoms with Gasteiger partial charge in [-0.2, -0.15) is 0 Å². The minimum atomic E-state index is -0.936. The fraction of sp³-hybridized carbons (Fsp3) is 0.500. The zero-order valence-electron chi connectivity index (χ0n) is 15.5. The summed E-state index contributed by atoms with van der Waals surface area (Å²) in [4.78, 5) is 38.0. The molecule has 0 aromatic heterocycles. The molecule has 0 spiro atoms. The Labute approximate surface area is 163 Å². The van der Waals surface area contributed by atoms with Gasteiger partial charge in [0.15, 0.2) is 6.10 Å². The zero-order valence-corrected chi connectivity index (χ0v) is 17.0. The second-order valence-electron chi connectivity index (χ2n) is 6.38. The first-order chi connectivity index (χ1) is 12.0. The van der Waals surface area contributed by atoms with Gasteiger partial charge >= 0.3 is 5.97 Å². The summed E-state index contributed by atoms with van der Waals surface area (Å²) in [6.07, 6.45) is -0.936. The molecule has 0 saturated carbocycles. The van der Waals surface area contributed by atoms with Crippen molar-refractivity contribution < 1.29 is 19.1 Å². The van der Waals surface area contributed by atoms with Gasteiger partial charge in [0.05, 0.1) is 10.0 Å². The lowest BCUT2D eigenvalue weighted by molar-refractivity contribution is -0.160. The summed E-state index contributed by atoms with van der Waals surface area (Å²) in [6, 6.07) is 4.35. The van der Waals surface area contributed by atoms with Crippen molar-refractivity contribution in [1.82, 2.24) is 10.2 Å². The van der Waals surface area contributed by atoms with Crippen molar-refractivity contribution in [2.24, 2.45) is 0 Å². The lowest BCUT2D eigenvalue weighted by atomic mass is 10.2. The molecule has 26 heavy (non-hydrogen) atoms. The Morgan fingerprint density at radius 2 is 1.62 bits per heavy atom. The largest absolute Gasteiger partial charge is 0.451 e. The first-order valence-corrected chi connectivity index (χ1v) is 9.05. The van der Waals surface area contributed by atoms with E-state index < -0.39 is 18.0 Å². The van der Waals surface area contributed by atoms with Gasteiger partial charge < -0.3 is 15.0 Å². The highest BCUT2D eigenvalue weighted by atomic mass is 35.5. The molecule has 0 radical (unpaired) electrons. The summed E-state index contributed by atoms with van der Waals surface area (Å²) in [7, 11) is 0. The van der Waals surface area contributed by atoms with Gasteiger partial charge in [-0.15, -0.1) is 0 Å². The molecular weight excluding hydrogens is 379 g/mol. The lowest BCUT2D eigenvalue weighted by Gasteiger charge is -2.32. The highest BCUT2D eigenvalue weighted by molar-refractivity contribution is 6.42. The molecule has 6 nitrogen and oxygen atoms in total. The number of amides is 2. The third kappa shape index (κ3) is 6.18. The predicted octanol–water partition coefficient (Wildman–Crippen LogP) is 3.30. The quantitative estimate of drug-likeness (QED) is 0.709. The molecule has 144 valence electrons. The van der Waals surface area contributed by atoms with Crippen molar-refractivity contribution in [3.05, 3.63) is 33.8 Å². The molecule has 1 aromatic rings. The molecule has 0 aliphatic rings. The van der Waals surface area contributed by atoms with Crippen LogP contribution in [0.1, 0.15) is 45.0 Å². The average Bonchev–Trinajstić information content (AvgIpc) is 2.54. The summed E-state index contributed by atoms with van der Waals surface area (Å²) in [5.74, 6) is -1.48. The van der Waals surface area contributed by atoms with Gasteiger partial charge in [-0.25, -0.2) is 0 Å². The fourth-order valence-corrected chi connectivity index (χ4v) is 2.79. The van der Waals surface area contributed by atoms with Crippen LogP contribution in [0, 0.1) is 0 Å². The van der Waals surface area contributed by atoms with E-state index in [2.05, 4.69) is 5.32 Å². The van der Waals surface area contributed by atoms with E-state index >= 15 is 0 Å². The number of esters is 1. The van der Waals surface area contributed by atoms with Crippen molar-refractivity contribution in [3.63, 3.8) is 0 Å². The zero-order chi connectivity index (χ0) is 20.0. The molecule has 1 rings (SSSR count). The van der Waals surface area contributed by atoms with Crippen LogP contribution < -0.4 is 5.32 Å². The number of carbonyl (C=O) groups excluding carboxylic acids is 3. The standard InChI is InChI=1S/C18H24Cl2N2O4/c1-10(2)22(11(3)4)18(25)12(5)26-16(23)9-21-17(24)13-6-7-14(19)15(20)8-13/h6-8,10-12H,9H2,1-5H3,(H,21,24). The van der Waals surface area contributed by atoms with Crippen molar-refractivity contribution in [3.8, 4) is 0 Å². The summed E-state index contributed by atoms with van der Waals surface area (Å²) in [5, 5.41) is 2.99. The Balaban J connectivity index is 2.59. The minimum absolute atomic E-state index is 0.0157. The highest BCUT2D eigenvalue weighted by Gasteiger charge is 2.27.